The fourth-order valence-corrected chi connectivity index (χ4v) is 1.88. The van der Waals surface area contributed by atoms with E-state index in [1.165, 1.54) is 11.9 Å². The molecule has 0 radical (unpaired) electrons. The van der Waals surface area contributed by atoms with Gasteiger partial charge in [-0.05, 0) is 26.0 Å². The van der Waals surface area contributed by atoms with Gasteiger partial charge in [0.05, 0.1) is 6.42 Å². The van der Waals surface area contributed by atoms with Gasteiger partial charge >= 0.3 is 0 Å². The maximum atomic E-state index is 11.7. The number of rotatable bonds is 2. The third kappa shape index (κ3) is 1.58. The highest BCUT2D eigenvalue weighted by molar-refractivity contribution is 6.05. The molecule has 1 aromatic rings. The first-order valence-corrected chi connectivity index (χ1v) is 5.22. The molecule has 1 aliphatic rings. The average Bonchev–Trinajstić information content (AvgIpc) is 2.67. The van der Waals surface area contributed by atoms with Crippen LogP contribution in [0.15, 0.2) is 12.1 Å². The van der Waals surface area contributed by atoms with Gasteiger partial charge in [-0.1, -0.05) is 0 Å². The van der Waals surface area contributed by atoms with Gasteiger partial charge in [-0.2, -0.15) is 0 Å². The van der Waals surface area contributed by atoms with Crippen molar-refractivity contribution in [1.29, 1.82) is 0 Å². The van der Waals surface area contributed by atoms with Crippen LogP contribution in [-0.4, -0.2) is 34.5 Å². The molecule has 2 heterocycles. The molecule has 1 aromatic heterocycles. The second-order valence-corrected chi connectivity index (χ2v) is 4.13. The van der Waals surface area contributed by atoms with Crippen molar-refractivity contribution in [3.05, 3.63) is 23.5 Å². The van der Waals surface area contributed by atoms with Gasteiger partial charge in [0, 0.05) is 18.4 Å². The van der Waals surface area contributed by atoms with Crippen molar-refractivity contribution in [2.45, 2.75) is 26.3 Å². The number of likely N-dealkylation sites (N-methyl/N-ethyl adjacent to an activating group) is 1. The zero-order valence-electron chi connectivity index (χ0n) is 9.65. The second kappa shape index (κ2) is 3.66. The Morgan fingerprint density at radius 3 is 2.25 bits per heavy atom. The van der Waals surface area contributed by atoms with Crippen LogP contribution in [0.25, 0.3) is 0 Å². The van der Waals surface area contributed by atoms with Crippen LogP contribution >= 0.6 is 0 Å². The highest BCUT2D eigenvalue weighted by Gasteiger charge is 2.36. The molecule has 1 N–H and O–H groups in total. The van der Waals surface area contributed by atoms with E-state index in [9.17, 15) is 9.59 Å². The van der Waals surface area contributed by atoms with Gasteiger partial charge in [-0.25, -0.2) is 0 Å². The summed E-state index contributed by atoms with van der Waals surface area (Å²) in [5.41, 5.74) is 5.11. The van der Waals surface area contributed by atoms with E-state index < -0.39 is 6.04 Å². The predicted molar refractivity (Wildman–Crippen MR) is 59.4 cm³/mol. The Bertz CT molecular complexity index is 431. The molecule has 0 aromatic carbocycles. The van der Waals surface area contributed by atoms with Gasteiger partial charge in [-0.3, -0.25) is 19.2 Å². The van der Waals surface area contributed by atoms with Crippen molar-refractivity contribution >= 4 is 11.8 Å². The molecular weight excluding hydrogens is 206 g/mol. The molecule has 0 spiro atoms. The summed E-state index contributed by atoms with van der Waals surface area (Å²) in [5.74, 6) is -0.303. The fourth-order valence-electron chi connectivity index (χ4n) is 1.88. The SMILES string of the molecule is Cc1ccc(C)n1NC1CC(=O)N(C)C1=O. The van der Waals surface area contributed by atoms with Crippen molar-refractivity contribution in [2.24, 2.45) is 0 Å². The van der Waals surface area contributed by atoms with E-state index >= 15 is 0 Å². The van der Waals surface area contributed by atoms with Crippen LogP contribution in [0.5, 0.6) is 0 Å². The lowest BCUT2D eigenvalue weighted by atomic mass is 10.3. The molecule has 0 aliphatic carbocycles. The van der Waals surface area contributed by atoms with Crippen molar-refractivity contribution in [3.8, 4) is 0 Å². The van der Waals surface area contributed by atoms with E-state index in [1.54, 1.807) is 0 Å². The van der Waals surface area contributed by atoms with Crippen molar-refractivity contribution in [1.82, 2.24) is 9.58 Å². The highest BCUT2D eigenvalue weighted by atomic mass is 16.2. The van der Waals surface area contributed by atoms with Gasteiger partial charge in [0.25, 0.3) is 5.91 Å². The summed E-state index contributed by atoms with van der Waals surface area (Å²) in [5, 5.41) is 0. The quantitative estimate of drug-likeness (QED) is 0.736. The number of likely N-dealkylation sites (tertiary alicyclic amines) is 1. The van der Waals surface area contributed by atoms with Gasteiger partial charge in [-0.15, -0.1) is 0 Å². The van der Waals surface area contributed by atoms with Crippen LogP contribution in [0.3, 0.4) is 0 Å². The highest BCUT2D eigenvalue weighted by Crippen LogP contribution is 2.13. The van der Waals surface area contributed by atoms with Crippen molar-refractivity contribution in [3.63, 3.8) is 0 Å². The first-order chi connectivity index (χ1) is 7.50. The summed E-state index contributed by atoms with van der Waals surface area (Å²) in [6, 6.07) is 3.49. The summed E-state index contributed by atoms with van der Waals surface area (Å²) < 4.78 is 1.84. The average molecular weight is 221 g/mol. The molecular formula is C11H15N3O2. The molecule has 86 valence electrons. The van der Waals surface area contributed by atoms with Gasteiger partial charge in [0.2, 0.25) is 5.91 Å². The van der Waals surface area contributed by atoms with Crippen LogP contribution in [-0.2, 0) is 9.59 Å². The lowest BCUT2D eigenvalue weighted by Crippen LogP contribution is -2.36. The number of nitrogens with zero attached hydrogens (tertiary/aromatic N) is 2. The van der Waals surface area contributed by atoms with E-state index in [1.807, 2.05) is 30.7 Å². The topological polar surface area (TPSA) is 54.3 Å². The molecule has 5 heteroatoms. The number of carbonyl (C=O) groups is 2. The van der Waals surface area contributed by atoms with Gasteiger partial charge in [0.15, 0.2) is 0 Å². The van der Waals surface area contributed by atoms with E-state index in [0.717, 1.165) is 11.4 Å². The van der Waals surface area contributed by atoms with Crippen LogP contribution < -0.4 is 5.43 Å². The van der Waals surface area contributed by atoms with E-state index in [-0.39, 0.29) is 18.2 Å². The minimum Gasteiger partial charge on any atom is -0.313 e. The van der Waals surface area contributed by atoms with Crippen LogP contribution in [0.1, 0.15) is 17.8 Å². The third-order valence-electron chi connectivity index (χ3n) is 2.94. The van der Waals surface area contributed by atoms with Crippen LogP contribution in [0, 0.1) is 13.8 Å². The first kappa shape index (κ1) is 10.7. The molecule has 1 fully saturated rings. The minimum atomic E-state index is -0.442. The number of hydrogen-bond acceptors (Lipinski definition) is 3. The number of aromatic nitrogens is 1. The lowest BCUT2D eigenvalue weighted by Gasteiger charge is -2.16. The predicted octanol–water partition coefficient (Wildman–Crippen LogP) is 0.406. The van der Waals surface area contributed by atoms with Gasteiger partial charge < -0.3 is 5.43 Å². The Morgan fingerprint density at radius 1 is 1.25 bits per heavy atom. The molecule has 16 heavy (non-hydrogen) atoms. The standard InChI is InChI=1S/C11H15N3O2/c1-7-4-5-8(2)14(7)12-9-6-10(15)13(3)11(9)16/h4-5,9,12H,6H2,1-3H3. The smallest absolute Gasteiger partial charge is 0.253 e. The van der Waals surface area contributed by atoms with Crippen LogP contribution in [0.2, 0.25) is 0 Å². The van der Waals surface area contributed by atoms with Crippen LogP contribution in [0.4, 0.5) is 0 Å². The molecule has 0 bridgehead atoms. The molecule has 2 amide bonds. The summed E-state index contributed by atoms with van der Waals surface area (Å²) in [4.78, 5) is 24.2. The number of carbonyl (C=O) groups excluding carboxylic acids is 2. The molecule has 1 atom stereocenters. The number of hydrogen-bond donors (Lipinski definition) is 1. The van der Waals surface area contributed by atoms with Crippen molar-refractivity contribution < 1.29 is 9.59 Å². The zero-order chi connectivity index (χ0) is 11.9. The Labute approximate surface area is 94.0 Å². The zero-order valence-corrected chi connectivity index (χ0v) is 9.65. The Kier molecular flexibility index (Phi) is 2.46. The summed E-state index contributed by atoms with van der Waals surface area (Å²) in [7, 11) is 1.52. The number of aryl methyl sites for hydroxylation is 2. The monoisotopic (exact) mass is 221 g/mol. The Hall–Kier alpha value is -1.78. The lowest BCUT2D eigenvalue weighted by molar-refractivity contribution is -0.136. The summed E-state index contributed by atoms with van der Waals surface area (Å²) >= 11 is 0. The number of imide groups is 1. The minimum absolute atomic E-state index is 0.134. The van der Waals surface area contributed by atoms with Crippen molar-refractivity contribution in [2.75, 3.05) is 12.5 Å². The molecule has 1 saturated heterocycles. The number of amides is 2. The third-order valence-corrected chi connectivity index (χ3v) is 2.94. The summed E-state index contributed by atoms with van der Waals surface area (Å²) in [6.07, 6.45) is 0.229. The van der Waals surface area contributed by atoms with E-state index in [2.05, 4.69) is 5.43 Å². The first-order valence-electron chi connectivity index (χ1n) is 5.22. The maximum absolute atomic E-state index is 11.7. The molecule has 2 rings (SSSR count). The summed E-state index contributed by atoms with van der Waals surface area (Å²) in [6.45, 7) is 3.90. The largest absolute Gasteiger partial charge is 0.313 e. The molecule has 1 unspecified atom stereocenters. The molecule has 5 nitrogen and oxygen atoms in total. The maximum Gasteiger partial charge on any atom is 0.253 e. The fraction of sp³-hybridized carbons (Fsp3) is 0.455. The van der Waals surface area contributed by atoms with E-state index in [0.29, 0.717) is 0 Å². The normalized spacial score (nSPS) is 20.7. The van der Waals surface area contributed by atoms with E-state index in [4.69, 9.17) is 0 Å². The second-order valence-electron chi connectivity index (χ2n) is 4.13. The van der Waals surface area contributed by atoms with Gasteiger partial charge in [0.1, 0.15) is 6.04 Å². The Balaban J connectivity index is 2.18. The molecule has 1 aliphatic heterocycles. The Morgan fingerprint density at radius 2 is 1.81 bits per heavy atom. The number of nitrogens with one attached hydrogen (secondary N) is 1. The molecule has 0 saturated carbocycles.